The summed E-state index contributed by atoms with van der Waals surface area (Å²) in [6, 6.07) is 17.1. The van der Waals surface area contributed by atoms with E-state index in [1.54, 1.807) is 4.90 Å². The molecule has 0 aliphatic heterocycles. The first-order valence-electron chi connectivity index (χ1n) is 7.55. The fourth-order valence-corrected chi connectivity index (χ4v) is 2.20. The summed E-state index contributed by atoms with van der Waals surface area (Å²) in [5.41, 5.74) is 6.27. The van der Waals surface area contributed by atoms with E-state index in [1.165, 1.54) is 0 Å². The molecule has 3 N–H and O–H groups in total. The summed E-state index contributed by atoms with van der Waals surface area (Å²) < 4.78 is 5.74. The number of carbonyl (C=O) groups excluding carboxylic acids is 1. The molecule has 0 aromatic heterocycles. The quantitative estimate of drug-likeness (QED) is 0.635. The molecule has 2 aromatic carbocycles. The number of rotatable bonds is 6. The van der Waals surface area contributed by atoms with Crippen molar-refractivity contribution in [3.63, 3.8) is 0 Å². The molecule has 0 atom stereocenters. The van der Waals surface area contributed by atoms with Crippen LogP contribution < -0.4 is 10.5 Å². The summed E-state index contributed by atoms with van der Waals surface area (Å²) in [5, 5.41) is 7.30. The van der Waals surface area contributed by atoms with Crippen molar-refractivity contribution in [2.75, 3.05) is 6.54 Å². The van der Waals surface area contributed by atoms with Gasteiger partial charge in [0.1, 0.15) is 11.5 Å². The minimum absolute atomic E-state index is 0.428. The van der Waals surface area contributed by atoms with E-state index >= 15 is 0 Å². The highest BCUT2D eigenvalue weighted by Crippen LogP contribution is 2.21. The minimum Gasteiger partial charge on any atom is -0.457 e. The zero-order chi connectivity index (χ0) is 16.7. The van der Waals surface area contributed by atoms with Crippen LogP contribution in [0.5, 0.6) is 11.5 Å². The smallest absolute Gasteiger partial charge is 0.288 e. The molecule has 0 aliphatic rings. The highest BCUT2D eigenvalue weighted by Gasteiger charge is 2.15. The zero-order valence-electron chi connectivity index (χ0n) is 13.2. The van der Waals surface area contributed by atoms with Crippen LogP contribution in [-0.4, -0.2) is 23.2 Å². The maximum atomic E-state index is 11.9. The Morgan fingerprint density at radius 2 is 1.70 bits per heavy atom. The first-order chi connectivity index (χ1) is 11.1. The third kappa shape index (κ3) is 4.85. The van der Waals surface area contributed by atoms with Gasteiger partial charge in [0.05, 0.1) is 0 Å². The lowest BCUT2D eigenvalue weighted by Crippen LogP contribution is -2.39. The monoisotopic (exact) mass is 311 g/mol. The Morgan fingerprint density at radius 1 is 1.09 bits per heavy atom. The fourth-order valence-electron chi connectivity index (χ4n) is 2.20. The van der Waals surface area contributed by atoms with E-state index < -0.39 is 11.7 Å². The van der Waals surface area contributed by atoms with Crippen LogP contribution in [0.1, 0.15) is 18.9 Å². The molecule has 0 aliphatic carbocycles. The van der Waals surface area contributed by atoms with Gasteiger partial charge in [-0.1, -0.05) is 37.3 Å². The van der Waals surface area contributed by atoms with Crippen molar-refractivity contribution in [1.82, 2.24) is 4.90 Å². The van der Waals surface area contributed by atoms with Crippen molar-refractivity contribution in [2.24, 2.45) is 5.73 Å². The summed E-state index contributed by atoms with van der Waals surface area (Å²) in [5.74, 6) is 0.651. The van der Waals surface area contributed by atoms with E-state index in [0.717, 1.165) is 23.5 Å². The van der Waals surface area contributed by atoms with Gasteiger partial charge in [0.15, 0.2) is 5.84 Å². The predicted molar refractivity (Wildman–Crippen MR) is 90.6 cm³/mol. The predicted octanol–water partition coefficient (Wildman–Crippen LogP) is 3.15. The molecule has 0 heterocycles. The van der Waals surface area contributed by atoms with Gasteiger partial charge >= 0.3 is 0 Å². The van der Waals surface area contributed by atoms with E-state index in [2.05, 4.69) is 0 Å². The summed E-state index contributed by atoms with van der Waals surface area (Å²) in [4.78, 5) is 13.5. The largest absolute Gasteiger partial charge is 0.457 e. The molecule has 23 heavy (non-hydrogen) atoms. The second-order valence-electron chi connectivity index (χ2n) is 5.20. The van der Waals surface area contributed by atoms with Gasteiger partial charge < -0.3 is 15.4 Å². The van der Waals surface area contributed by atoms with Gasteiger partial charge in [-0.25, -0.2) is 0 Å². The molecule has 120 valence electrons. The van der Waals surface area contributed by atoms with Crippen LogP contribution in [0.4, 0.5) is 0 Å². The normalized spacial score (nSPS) is 10.1. The number of benzene rings is 2. The van der Waals surface area contributed by atoms with Gasteiger partial charge in [0, 0.05) is 13.1 Å². The van der Waals surface area contributed by atoms with Gasteiger partial charge in [-0.3, -0.25) is 10.2 Å². The number of hydrogen-bond acceptors (Lipinski definition) is 3. The van der Waals surface area contributed by atoms with Crippen LogP contribution in [0, 0.1) is 5.41 Å². The number of nitrogens with one attached hydrogen (secondary N) is 1. The van der Waals surface area contributed by atoms with Crippen LogP contribution in [0.25, 0.3) is 0 Å². The molecule has 0 fully saturated rings. The molecule has 0 saturated heterocycles. The number of ether oxygens (including phenoxy) is 1. The molecule has 0 radical (unpaired) electrons. The fraction of sp³-hybridized carbons (Fsp3) is 0.222. The molecule has 5 heteroatoms. The number of carbonyl (C=O) groups is 1. The molecule has 0 saturated carbocycles. The van der Waals surface area contributed by atoms with E-state index in [0.29, 0.717) is 13.1 Å². The zero-order valence-corrected chi connectivity index (χ0v) is 13.2. The van der Waals surface area contributed by atoms with Gasteiger partial charge in [-0.05, 0) is 36.2 Å². The minimum atomic E-state index is -0.434. The third-order valence-electron chi connectivity index (χ3n) is 3.29. The van der Waals surface area contributed by atoms with Crippen LogP contribution in [0.2, 0.25) is 0 Å². The average Bonchev–Trinajstić information content (AvgIpc) is 2.56. The maximum Gasteiger partial charge on any atom is 0.288 e. The van der Waals surface area contributed by atoms with Gasteiger partial charge in [-0.15, -0.1) is 0 Å². The number of nitrogens with two attached hydrogens (primary N) is 1. The molecule has 2 rings (SSSR count). The highest BCUT2D eigenvalue weighted by atomic mass is 16.5. The average molecular weight is 311 g/mol. The standard InChI is InChI=1S/C18H21N3O2/c1-2-12-21(18(22)17(19)20)13-14-8-10-16(11-9-14)23-15-6-4-3-5-7-15/h3-11H,2,12-13H2,1H3,(H3,19,20). The van der Waals surface area contributed by atoms with E-state index in [-0.39, 0.29) is 0 Å². The second-order valence-corrected chi connectivity index (χ2v) is 5.20. The van der Waals surface area contributed by atoms with Gasteiger partial charge in [0.2, 0.25) is 0 Å². The topological polar surface area (TPSA) is 79.4 Å². The Labute approximate surface area is 136 Å². The Kier molecular flexibility index (Phi) is 5.74. The number of hydrogen-bond donors (Lipinski definition) is 2. The molecular weight excluding hydrogens is 290 g/mol. The van der Waals surface area contributed by atoms with Crippen LogP contribution >= 0.6 is 0 Å². The van der Waals surface area contributed by atoms with E-state index in [4.69, 9.17) is 15.9 Å². The summed E-state index contributed by atoms with van der Waals surface area (Å²) in [6.45, 7) is 2.98. The number of amidine groups is 1. The van der Waals surface area contributed by atoms with Gasteiger partial charge in [0.25, 0.3) is 5.91 Å². The van der Waals surface area contributed by atoms with Crippen LogP contribution in [-0.2, 0) is 11.3 Å². The van der Waals surface area contributed by atoms with Crippen molar-refractivity contribution in [2.45, 2.75) is 19.9 Å². The Bertz CT molecular complexity index is 654. The summed E-state index contributed by atoms with van der Waals surface area (Å²) in [6.07, 6.45) is 0.814. The number of amides is 1. The highest BCUT2D eigenvalue weighted by molar-refractivity contribution is 6.35. The van der Waals surface area contributed by atoms with E-state index in [1.807, 2.05) is 61.5 Å². The van der Waals surface area contributed by atoms with Crippen molar-refractivity contribution >= 4 is 11.7 Å². The van der Waals surface area contributed by atoms with Crippen LogP contribution in [0.3, 0.4) is 0 Å². The van der Waals surface area contributed by atoms with Crippen molar-refractivity contribution in [1.29, 1.82) is 5.41 Å². The molecule has 5 nitrogen and oxygen atoms in total. The Morgan fingerprint density at radius 3 is 2.26 bits per heavy atom. The Hall–Kier alpha value is -2.82. The maximum absolute atomic E-state index is 11.9. The summed E-state index contributed by atoms with van der Waals surface area (Å²) in [7, 11) is 0. The van der Waals surface area contributed by atoms with Crippen molar-refractivity contribution in [3.8, 4) is 11.5 Å². The summed E-state index contributed by atoms with van der Waals surface area (Å²) >= 11 is 0. The van der Waals surface area contributed by atoms with E-state index in [9.17, 15) is 4.79 Å². The van der Waals surface area contributed by atoms with Gasteiger partial charge in [-0.2, -0.15) is 0 Å². The second kappa shape index (κ2) is 7.98. The SMILES string of the molecule is CCCN(Cc1ccc(Oc2ccccc2)cc1)C(=O)C(=N)N. The first kappa shape index (κ1) is 16.5. The third-order valence-corrected chi connectivity index (χ3v) is 3.29. The van der Waals surface area contributed by atoms with Crippen molar-refractivity contribution in [3.05, 3.63) is 60.2 Å². The molecule has 0 spiro atoms. The molecule has 0 bridgehead atoms. The Balaban J connectivity index is 2.03. The first-order valence-corrected chi connectivity index (χ1v) is 7.55. The van der Waals surface area contributed by atoms with Crippen LogP contribution in [0.15, 0.2) is 54.6 Å². The molecule has 1 amide bonds. The molecular formula is C18H21N3O2. The molecule has 0 unspecified atom stereocenters. The number of nitrogens with zero attached hydrogens (tertiary/aromatic N) is 1. The lowest BCUT2D eigenvalue weighted by atomic mass is 10.2. The lowest BCUT2D eigenvalue weighted by Gasteiger charge is -2.21. The molecule has 2 aromatic rings. The lowest BCUT2D eigenvalue weighted by molar-refractivity contribution is -0.124. The van der Waals surface area contributed by atoms with Crippen molar-refractivity contribution < 1.29 is 9.53 Å². The number of para-hydroxylation sites is 1.